The number of hydrogen-bond donors (Lipinski definition) is 2. The summed E-state index contributed by atoms with van der Waals surface area (Å²) in [6.45, 7) is 3.04. The number of nitrogens with two attached hydrogens (primary N) is 1. The molecule has 0 aliphatic carbocycles. The molecular weight excluding hydrogens is 526 g/mol. The van der Waals surface area contributed by atoms with Crippen LogP contribution in [0.4, 0.5) is 30.8 Å². The highest BCUT2D eigenvalue weighted by Crippen LogP contribution is 2.40. The van der Waals surface area contributed by atoms with Gasteiger partial charge in [0.05, 0.1) is 23.6 Å². The number of urea groups is 1. The maximum absolute atomic E-state index is 14.1. The fourth-order valence-electron chi connectivity index (χ4n) is 5.72. The molecule has 4 heterocycles. The van der Waals surface area contributed by atoms with Crippen molar-refractivity contribution >= 4 is 23.2 Å². The number of pyridine rings is 1. The highest BCUT2D eigenvalue weighted by Gasteiger charge is 2.38. The molecular formula is C31H32F2N6O2. The topological polar surface area (TPSA) is 101 Å². The maximum Gasteiger partial charge on any atom is 0.327 e. The summed E-state index contributed by atoms with van der Waals surface area (Å²) in [7, 11) is 0. The first-order valence-electron chi connectivity index (χ1n) is 13.9. The number of anilines is 3. The van der Waals surface area contributed by atoms with E-state index in [2.05, 4.69) is 15.2 Å². The molecule has 0 spiro atoms. The summed E-state index contributed by atoms with van der Waals surface area (Å²) in [4.78, 5) is 26.8. The molecule has 2 aromatic heterocycles. The SMILES string of the molecule is CC(F)(F)c1cccc(-c2ccc3c(n2)N(C(=O)Nc2ccc(CCCN)c(-c4cnco4)c2)[C@H]2CCCN3C2)c1. The van der Waals surface area contributed by atoms with Crippen molar-refractivity contribution in [2.75, 3.05) is 34.8 Å². The van der Waals surface area contributed by atoms with Gasteiger partial charge in [-0.05, 0) is 68.1 Å². The molecule has 3 N–H and O–H groups in total. The van der Waals surface area contributed by atoms with Crippen molar-refractivity contribution in [3.63, 3.8) is 0 Å². The first kappa shape index (κ1) is 26.9. The maximum atomic E-state index is 14.1. The van der Waals surface area contributed by atoms with E-state index in [4.69, 9.17) is 15.1 Å². The number of alkyl halides is 2. The average Bonchev–Trinajstić information content (AvgIpc) is 3.51. The van der Waals surface area contributed by atoms with Crippen LogP contribution >= 0.6 is 0 Å². The van der Waals surface area contributed by atoms with Crippen molar-refractivity contribution in [1.29, 1.82) is 0 Å². The van der Waals surface area contributed by atoms with Crippen LogP contribution in [-0.4, -0.2) is 41.7 Å². The Morgan fingerprint density at radius 1 is 1.20 bits per heavy atom. The number of aryl methyl sites for hydroxylation is 1. The van der Waals surface area contributed by atoms with Crippen molar-refractivity contribution in [2.24, 2.45) is 5.73 Å². The number of nitrogens with one attached hydrogen (secondary N) is 1. The fraction of sp³-hybridized carbons (Fsp3) is 0.323. The lowest BCUT2D eigenvalue weighted by Crippen LogP contribution is -2.56. The van der Waals surface area contributed by atoms with Gasteiger partial charge in [-0.1, -0.05) is 24.3 Å². The molecule has 1 fully saturated rings. The van der Waals surface area contributed by atoms with E-state index in [1.54, 1.807) is 23.2 Å². The standard InChI is InChI=1S/C31H32F2N6O2/c1-31(32,33)22-7-2-5-21(15-22)26-11-12-27-29(37-26)39(24-8-4-14-38(27)18-24)30(40)36-23-10-9-20(6-3-13-34)25(16-23)28-17-35-19-41-28/h2,5,7,9-12,15-17,19,24H,3-4,6,8,13-14,18,34H2,1H3,(H,36,40)/t24-/m0/s1. The highest BCUT2D eigenvalue weighted by atomic mass is 19.3. The number of fused-ring (bicyclic) bond motifs is 4. The summed E-state index contributed by atoms with van der Waals surface area (Å²) < 4.78 is 33.7. The molecule has 2 aliphatic heterocycles. The third kappa shape index (κ3) is 5.39. The van der Waals surface area contributed by atoms with Crippen LogP contribution in [0.25, 0.3) is 22.6 Å². The second-order valence-electron chi connectivity index (χ2n) is 10.7. The van der Waals surface area contributed by atoms with E-state index in [-0.39, 0.29) is 17.6 Å². The van der Waals surface area contributed by atoms with Gasteiger partial charge in [0.15, 0.2) is 18.0 Å². The zero-order valence-corrected chi connectivity index (χ0v) is 22.8. The van der Waals surface area contributed by atoms with Crippen molar-refractivity contribution in [2.45, 2.75) is 44.6 Å². The summed E-state index contributed by atoms with van der Waals surface area (Å²) in [6.07, 6.45) is 6.42. The Morgan fingerprint density at radius 3 is 2.85 bits per heavy atom. The monoisotopic (exact) mass is 558 g/mol. The number of carbonyl (C=O) groups excluding carboxylic acids is 1. The van der Waals surface area contributed by atoms with E-state index in [1.165, 1.54) is 18.5 Å². The van der Waals surface area contributed by atoms with E-state index < -0.39 is 5.92 Å². The second-order valence-corrected chi connectivity index (χ2v) is 10.7. The minimum atomic E-state index is -2.97. The minimum Gasteiger partial charge on any atom is -0.444 e. The van der Waals surface area contributed by atoms with Crippen molar-refractivity contribution < 1.29 is 18.0 Å². The van der Waals surface area contributed by atoms with Gasteiger partial charge in [0, 0.05) is 42.4 Å². The number of nitrogens with zero attached hydrogens (tertiary/aromatic N) is 4. The molecule has 2 aromatic carbocycles. The molecule has 1 saturated heterocycles. The third-order valence-electron chi connectivity index (χ3n) is 7.78. The van der Waals surface area contributed by atoms with Crippen LogP contribution in [-0.2, 0) is 12.3 Å². The second kappa shape index (κ2) is 10.9. The number of piperidine rings is 1. The zero-order valence-electron chi connectivity index (χ0n) is 22.8. The van der Waals surface area contributed by atoms with Crippen LogP contribution in [0.1, 0.15) is 37.3 Å². The van der Waals surface area contributed by atoms with Gasteiger partial charge in [-0.15, -0.1) is 0 Å². The van der Waals surface area contributed by atoms with Gasteiger partial charge < -0.3 is 20.4 Å². The molecule has 10 heteroatoms. The molecule has 1 atom stereocenters. The Bertz CT molecular complexity index is 1550. The number of amides is 2. The lowest BCUT2D eigenvalue weighted by molar-refractivity contribution is 0.0175. The number of hydrogen-bond acceptors (Lipinski definition) is 6. The third-order valence-corrected chi connectivity index (χ3v) is 7.78. The summed E-state index contributed by atoms with van der Waals surface area (Å²) in [6, 6.07) is 15.4. The Hall–Kier alpha value is -4.31. The molecule has 6 rings (SSSR count). The lowest BCUT2D eigenvalue weighted by Gasteiger charge is -2.45. The molecule has 0 radical (unpaired) electrons. The van der Waals surface area contributed by atoms with Gasteiger partial charge >= 0.3 is 6.03 Å². The molecule has 0 unspecified atom stereocenters. The van der Waals surface area contributed by atoms with Gasteiger partial charge in [-0.25, -0.2) is 23.5 Å². The Labute approximate surface area is 237 Å². The first-order chi connectivity index (χ1) is 19.8. The van der Waals surface area contributed by atoms with E-state index in [9.17, 15) is 13.6 Å². The van der Waals surface area contributed by atoms with Crippen molar-refractivity contribution in [3.8, 4) is 22.6 Å². The minimum absolute atomic E-state index is 0.0668. The lowest BCUT2D eigenvalue weighted by atomic mass is 9.98. The number of oxazole rings is 1. The van der Waals surface area contributed by atoms with Gasteiger partial charge in [0.2, 0.25) is 0 Å². The van der Waals surface area contributed by atoms with Crippen LogP contribution < -0.4 is 20.9 Å². The van der Waals surface area contributed by atoms with E-state index >= 15 is 0 Å². The molecule has 0 saturated carbocycles. The Balaban J connectivity index is 1.34. The van der Waals surface area contributed by atoms with E-state index in [1.807, 2.05) is 30.3 Å². The van der Waals surface area contributed by atoms with Gasteiger partial charge in [-0.3, -0.25) is 4.90 Å². The Morgan fingerprint density at radius 2 is 2.07 bits per heavy atom. The Kier molecular flexibility index (Phi) is 7.17. The number of carbonyl (C=O) groups is 1. The van der Waals surface area contributed by atoms with Crippen molar-refractivity contribution in [1.82, 2.24) is 9.97 Å². The first-order valence-corrected chi connectivity index (χ1v) is 13.9. The fourth-order valence-corrected chi connectivity index (χ4v) is 5.72. The van der Waals surface area contributed by atoms with Crippen molar-refractivity contribution in [3.05, 3.63) is 78.3 Å². The van der Waals surface area contributed by atoms with Crippen LogP contribution in [0.3, 0.4) is 0 Å². The molecule has 2 amide bonds. The van der Waals surface area contributed by atoms with Gasteiger partial charge in [0.1, 0.15) is 0 Å². The summed E-state index contributed by atoms with van der Waals surface area (Å²) in [5.74, 6) is -1.83. The zero-order chi connectivity index (χ0) is 28.6. The number of rotatable bonds is 7. The molecule has 2 bridgehead atoms. The van der Waals surface area contributed by atoms with E-state index in [0.29, 0.717) is 41.6 Å². The molecule has 4 aromatic rings. The molecule has 8 nitrogen and oxygen atoms in total. The normalized spacial score (nSPS) is 16.4. The largest absolute Gasteiger partial charge is 0.444 e. The molecule has 41 heavy (non-hydrogen) atoms. The highest BCUT2D eigenvalue weighted by molar-refractivity contribution is 6.05. The van der Waals surface area contributed by atoms with Crippen LogP contribution in [0.2, 0.25) is 0 Å². The van der Waals surface area contributed by atoms with Gasteiger partial charge in [0.25, 0.3) is 5.92 Å². The average molecular weight is 559 g/mol. The summed E-state index contributed by atoms with van der Waals surface area (Å²) in [5, 5.41) is 3.07. The number of benzene rings is 2. The van der Waals surface area contributed by atoms with Crippen LogP contribution in [0, 0.1) is 0 Å². The van der Waals surface area contributed by atoms with Crippen LogP contribution in [0.5, 0.6) is 0 Å². The van der Waals surface area contributed by atoms with Gasteiger partial charge in [-0.2, -0.15) is 0 Å². The van der Waals surface area contributed by atoms with Crippen LogP contribution in [0.15, 0.2) is 71.6 Å². The number of halogens is 2. The summed E-state index contributed by atoms with van der Waals surface area (Å²) >= 11 is 0. The number of aromatic nitrogens is 2. The quantitative estimate of drug-likeness (QED) is 0.271. The smallest absolute Gasteiger partial charge is 0.327 e. The molecule has 212 valence electrons. The van der Waals surface area contributed by atoms with E-state index in [0.717, 1.165) is 56.0 Å². The predicted molar refractivity (Wildman–Crippen MR) is 155 cm³/mol. The predicted octanol–water partition coefficient (Wildman–Crippen LogP) is 6.43. The molecule has 2 aliphatic rings. The summed E-state index contributed by atoms with van der Waals surface area (Å²) in [5.41, 5.74) is 10.1.